The smallest absolute Gasteiger partial charge is 0.315 e. The van der Waals surface area contributed by atoms with Gasteiger partial charge in [-0.3, -0.25) is 14.4 Å². The molecule has 0 bridgehead atoms. The number of aromatic amines is 1. The Morgan fingerprint density at radius 2 is 1.34 bits per heavy atom. The summed E-state index contributed by atoms with van der Waals surface area (Å²) in [7, 11) is 0. The molecule has 6 rings (SSSR count). The van der Waals surface area contributed by atoms with Crippen LogP contribution in [-0.2, 0) is 30.0 Å². The van der Waals surface area contributed by atoms with Gasteiger partial charge in [-0.25, -0.2) is 4.98 Å². The molecule has 3 N–H and O–H groups in total. The first kappa shape index (κ1) is 39.8. The molecule has 0 atom stereocenters. The minimum absolute atomic E-state index is 0.0148. The van der Waals surface area contributed by atoms with Crippen molar-refractivity contribution >= 4 is 46.5 Å². The van der Waals surface area contributed by atoms with Crippen LogP contribution in [0.15, 0.2) is 48.5 Å². The van der Waals surface area contributed by atoms with Crippen LogP contribution in [-0.4, -0.2) is 64.0 Å². The summed E-state index contributed by atoms with van der Waals surface area (Å²) in [6.45, 7) is 17.1. The number of ether oxygens (including phenoxy) is 1. The van der Waals surface area contributed by atoms with Gasteiger partial charge in [0, 0.05) is 50.5 Å². The number of hydrogen-bond acceptors (Lipinski definition) is 9. The molecule has 0 saturated carbocycles. The first-order chi connectivity index (χ1) is 26.6. The van der Waals surface area contributed by atoms with Crippen molar-refractivity contribution in [1.29, 1.82) is 0 Å². The fourth-order valence-corrected chi connectivity index (χ4v) is 6.30. The van der Waals surface area contributed by atoms with Crippen molar-refractivity contribution in [1.82, 2.24) is 39.6 Å². The summed E-state index contributed by atoms with van der Waals surface area (Å²) in [5.41, 5.74) is 6.09. The highest BCUT2D eigenvalue weighted by Crippen LogP contribution is 2.30. The monoisotopic (exact) mass is 760 g/mol. The lowest BCUT2D eigenvalue weighted by molar-refractivity contribution is -0.145. The molecule has 0 aliphatic heterocycles. The highest BCUT2D eigenvalue weighted by atomic mass is 16.5. The third-order valence-corrected chi connectivity index (χ3v) is 9.27. The van der Waals surface area contributed by atoms with Gasteiger partial charge in [0.05, 0.1) is 18.0 Å². The highest BCUT2D eigenvalue weighted by molar-refractivity contribution is 6.02. The topological polar surface area (TPSA) is 174 Å². The predicted molar refractivity (Wildman–Crippen MR) is 217 cm³/mol. The summed E-state index contributed by atoms with van der Waals surface area (Å²) in [6.07, 6.45) is 6.88. The van der Waals surface area contributed by atoms with E-state index in [1.807, 2.05) is 43.3 Å². The zero-order valence-electron chi connectivity index (χ0n) is 33.6. The minimum atomic E-state index is -0.548. The molecule has 0 radical (unpaired) electrons. The van der Waals surface area contributed by atoms with E-state index in [9.17, 15) is 14.4 Å². The maximum atomic E-state index is 12.4. The summed E-state index contributed by atoms with van der Waals surface area (Å²) in [5, 5.41) is 26.0. The fraction of sp³-hybridized carbons (Fsp3) is 0.429. The highest BCUT2D eigenvalue weighted by Gasteiger charge is 2.28. The van der Waals surface area contributed by atoms with Gasteiger partial charge in [-0.15, -0.1) is 19.5 Å². The number of benzene rings is 2. The molecule has 0 aliphatic rings. The Morgan fingerprint density at radius 3 is 1.96 bits per heavy atom. The molecule has 0 saturated heterocycles. The van der Waals surface area contributed by atoms with Crippen LogP contribution in [0.2, 0.25) is 0 Å². The lowest BCUT2D eigenvalue weighted by atomic mass is 9.88. The number of anilines is 2. The van der Waals surface area contributed by atoms with Gasteiger partial charge in [0.25, 0.3) is 0 Å². The molecule has 14 heteroatoms. The van der Waals surface area contributed by atoms with Gasteiger partial charge in [-0.05, 0) is 67.4 Å². The maximum absolute atomic E-state index is 12.4. The number of unbranched alkanes of at least 4 members (excludes halogenated alkanes) is 3. The minimum Gasteiger partial charge on any atom is -0.465 e. The van der Waals surface area contributed by atoms with E-state index in [4.69, 9.17) is 30.1 Å². The number of rotatable bonds is 14. The Morgan fingerprint density at radius 1 is 0.732 bits per heavy atom. The third kappa shape index (κ3) is 9.12. The first-order valence-electron chi connectivity index (χ1n) is 19.4. The van der Waals surface area contributed by atoms with Crippen molar-refractivity contribution < 1.29 is 19.1 Å². The second-order valence-electron chi connectivity index (χ2n) is 16.2. The number of hydrogen-bond donors (Lipinski definition) is 3. The third-order valence-electron chi connectivity index (χ3n) is 9.27. The van der Waals surface area contributed by atoms with E-state index in [0.717, 1.165) is 76.7 Å². The molecule has 56 heavy (non-hydrogen) atoms. The van der Waals surface area contributed by atoms with E-state index in [0.29, 0.717) is 36.0 Å². The predicted octanol–water partition coefficient (Wildman–Crippen LogP) is 7.16. The fourth-order valence-electron chi connectivity index (χ4n) is 6.30. The zero-order valence-corrected chi connectivity index (χ0v) is 33.6. The molecule has 294 valence electrons. The second kappa shape index (κ2) is 16.4. The molecule has 0 aliphatic carbocycles. The van der Waals surface area contributed by atoms with Crippen molar-refractivity contribution in [3.63, 3.8) is 0 Å². The molecule has 4 aromatic heterocycles. The van der Waals surface area contributed by atoms with Crippen LogP contribution in [0.5, 0.6) is 0 Å². The lowest BCUT2D eigenvalue weighted by Gasteiger charge is -2.17. The Labute approximate surface area is 326 Å². The van der Waals surface area contributed by atoms with Gasteiger partial charge in [0.15, 0.2) is 22.9 Å². The summed E-state index contributed by atoms with van der Waals surface area (Å²) < 4.78 is 8.31. The average molecular weight is 761 g/mol. The van der Waals surface area contributed by atoms with E-state index in [1.54, 1.807) is 21.4 Å². The molecule has 2 amide bonds. The van der Waals surface area contributed by atoms with Crippen LogP contribution in [0.3, 0.4) is 0 Å². The van der Waals surface area contributed by atoms with Gasteiger partial charge in [0.2, 0.25) is 11.8 Å². The quantitative estimate of drug-likeness (QED) is 0.0591. The average Bonchev–Trinajstić information content (AvgIpc) is 3.90. The number of nitrogens with one attached hydrogen (secondary N) is 3. The molecule has 6 aromatic rings. The molecule has 14 nitrogen and oxygen atoms in total. The van der Waals surface area contributed by atoms with E-state index in [1.165, 1.54) is 0 Å². The molecular weight excluding hydrogens is 709 g/mol. The Balaban J connectivity index is 1.31. The largest absolute Gasteiger partial charge is 0.465 e. The van der Waals surface area contributed by atoms with Gasteiger partial charge in [-0.2, -0.15) is 10.2 Å². The number of aromatic nitrogens is 8. The van der Waals surface area contributed by atoms with Crippen LogP contribution < -0.4 is 15.9 Å². The van der Waals surface area contributed by atoms with Crippen LogP contribution >= 0.6 is 0 Å². The Kier molecular flexibility index (Phi) is 11.7. The number of esters is 1. The summed E-state index contributed by atoms with van der Waals surface area (Å²) in [5.74, 6) is 0.138. The van der Waals surface area contributed by atoms with Crippen molar-refractivity contribution in [2.75, 3.05) is 17.2 Å². The van der Waals surface area contributed by atoms with Crippen LogP contribution in [0.1, 0.15) is 117 Å². The zero-order chi connectivity index (χ0) is 40.2. The molecular formula is C42H52N10O4. The van der Waals surface area contributed by atoms with E-state index in [2.05, 4.69) is 70.2 Å². The number of fused-ring (bicyclic) bond motifs is 2. The summed E-state index contributed by atoms with van der Waals surface area (Å²) in [4.78, 5) is 45.2. The summed E-state index contributed by atoms with van der Waals surface area (Å²) >= 11 is 0. The molecule has 0 spiro atoms. The maximum Gasteiger partial charge on any atom is 0.315 e. The van der Waals surface area contributed by atoms with Crippen molar-refractivity contribution in [2.24, 2.45) is 0 Å². The molecule has 4 heterocycles. The molecule has 2 aromatic carbocycles. The second-order valence-corrected chi connectivity index (χ2v) is 16.2. The van der Waals surface area contributed by atoms with Crippen LogP contribution in [0, 0.1) is 0 Å². The normalized spacial score (nSPS) is 12.5. The standard InChI is InChI=1S/C42H52N10O4/c1-9-11-13-14-32(53)43-28-19-15-26(16-20-28)37-45-39-30(35(41(3,4)5)47-51(39)49-37)24-31-36(42(6,7)8)48-52-40(31)46-38(50-52)27-17-21-29(22-18-27)44-33(54)25-34(55)56-23-12-10-2/h15-22,24H,9-14,23,25H2,1-8H3,(H,43,53)(H,44,54)(H,45,49)/b31-24-. The number of amides is 2. The molecule has 0 fully saturated rings. The summed E-state index contributed by atoms with van der Waals surface area (Å²) in [6, 6.07) is 14.8. The number of nitrogens with zero attached hydrogens (tertiary/aromatic N) is 7. The van der Waals surface area contributed by atoms with Gasteiger partial charge in [0.1, 0.15) is 6.42 Å². The van der Waals surface area contributed by atoms with Crippen molar-refractivity contribution in [2.45, 2.75) is 111 Å². The van der Waals surface area contributed by atoms with Crippen molar-refractivity contribution in [3.8, 4) is 22.8 Å². The number of carbonyl (C=O) groups is 3. The number of carbonyl (C=O) groups excluding carboxylic acids is 3. The Bertz CT molecular complexity index is 2390. The van der Waals surface area contributed by atoms with E-state index < -0.39 is 11.9 Å². The van der Waals surface area contributed by atoms with E-state index >= 15 is 0 Å². The van der Waals surface area contributed by atoms with Crippen LogP contribution in [0.4, 0.5) is 11.4 Å². The molecule has 0 unspecified atom stereocenters. The van der Waals surface area contributed by atoms with E-state index in [-0.39, 0.29) is 23.2 Å². The van der Waals surface area contributed by atoms with Crippen LogP contribution in [0.25, 0.3) is 40.1 Å². The van der Waals surface area contributed by atoms with Gasteiger partial charge in [-0.1, -0.05) is 74.7 Å². The van der Waals surface area contributed by atoms with Gasteiger partial charge >= 0.3 is 5.97 Å². The van der Waals surface area contributed by atoms with Gasteiger partial charge < -0.3 is 20.4 Å². The Hall–Kier alpha value is -5.92. The lowest BCUT2D eigenvalue weighted by Crippen LogP contribution is -2.22. The SMILES string of the molecule is CCCCCC(=O)Nc1ccc(-c2nn3nc(C(C)(C)C)c(/C=c4/c(C(C)(C)C)nn5nc(-c6ccc(NC(=O)CC(=O)OCCCC)cc6)nc45)c3[nH]2)cc1. The number of H-pyrrole nitrogens is 1. The first-order valence-corrected chi connectivity index (χ1v) is 19.4. The van der Waals surface area contributed by atoms with Crippen molar-refractivity contribution in [3.05, 3.63) is 70.7 Å².